The Labute approximate surface area is 179 Å². The highest BCUT2D eigenvalue weighted by Gasteiger charge is 2.26. The molecule has 0 fully saturated rings. The maximum Gasteiger partial charge on any atom is 0.259 e. The highest BCUT2D eigenvalue weighted by atomic mass is 32.1. The molecule has 6 nitrogen and oxygen atoms in total. The zero-order chi connectivity index (χ0) is 22.1. The fraction of sp³-hybridized carbons (Fsp3) is 0.0909. The van der Waals surface area contributed by atoms with E-state index < -0.39 is 23.8 Å². The van der Waals surface area contributed by atoms with Crippen LogP contribution >= 0.6 is 11.3 Å². The number of fused-ring (bicyclic) bond motifs is 1. The van der Waals surface area contributed by atoms with E-state index in [9.17, 15) is 18.4 Å². The van der Waals surface area contributed by atoms with Crippen LogP contribution in [0.3, 0.4) is 0 Å². The molecule has 0 aliphatic rings. The summed E-state index contributed by atoms with van der Waals surface area (Å²) in [5.41, 5.74) is 6.30. The molecule has 1 unspecified atom stereocenters. The quantitative estimate of drug-likeness (QED) is 0.440. The monoisotopic (exact) mass is 441 g/mol. The van der Waals surface area contributed by atoms with E-state index in [0.29, 0.717) is 21.5 Å². The van der Waals surface area contributed by atoms with Crippen LogP contribution in [0.4, 0.5) is 14.5 Å². The van der Waals surface area contributed by atoms with Crippen LogP contribution in [-0.2, 0) is 4.74 Å². The average Bonchev–Trinajstić information content (AvgIpc) is 3.13. The number of nitrogens with zero attached hydrogens (tertiary/aromatic N) is 1. The molecule has 31 heavy (non-hydrogen) atoms. The Morgan fingerprint density at radius 3 is 2.52 bits per heavy atom. The number of carbonyl (C=O) groups is 1. The summed E-state index contributed by atoms with van der Waals surface area (Å²) < 4.78 is 34.5. The number of halogens is 2. The number of primary amides is 1. The molecule has 1 amide bonds. The van der Waals surface area contributed by atoms with Crippen molar-refractivity contribution in [3.8, 4) is 5.69 Å². The maximum absolute atomic E-state index is 14.2. The van der Waals surface area contributed by atoms with E-state index in [2.05, 4.69) is 5.32 Å². The zero-order valence-corrected chi connectivity index (χ0v) is 17.1. The lowest BCUT2D eigenvalue weighted by atomic mass is 10.1. The molecule has 0 spiro atoms. The molecule has 2 aromatic heterocycles. The molecule has 0 bridgehead atoms. The van der Waals surface area contributed by atoms with Crippen molar-refractivity contribution in [3.63, 3.8) is 0 Å². The summed E-state index contributed by atoms with van der Waals surface area (Å²) in [5.74, 6) is -2.25. The molecular formula is C22H17F2N3O3S. The van der Waals surface area contributed by atoms with Gasteiger partial charge in [0.05, 0.1) is 11.4 Å². The number of methoxy groups -OCH3 is 1. The van der Waals surface area contributed by atoms with Crippen LogP contribution in [0, 0.1) is 11.6 Å². The Balaban J connectivity index is 1.93. The van der Waals surface area contributed by atoms with E-state index in [0.717, 1.165) is 23.5 Å². The Bertz CT molecular complexity index is 1340. The van der Waals surface area contributed by atoms with Crippen LogP contribution in [0.2, 0.25) is 0 Å². The van der Waals surface area contributed by atoms with Gasteiger partial charge in [-0.2, -0.15) is 0 Å². The summed E-state index contributed by atoms with van der Waals surface area (Å²) in [6.45, 7) is 0. The number of thiophene rings is 1. The fourth-order valence-corrected chi connectivity index (χ4v) is 4.56. The van der Waals surface area contributed by atoms with Gasteiger partial charge in [0.25, 0.3) is 11.5 Å². The number of hydrogen-bond acceptors (Lipinski definition) is 5. The smallest absolute Gasteiger partial charge is 0.259 e. The Morgan fingerprint density at radius 2 is 1.87 bits per heavy atom. The highest BCUT2D eigenvalue weighted by Crippen LogP contribution is 2.37. The summed E-state index contributed by atoms with van der Waals surface area (Å²) in [7, 11) is 1.38. The van der Waals surface area contributed by atoms with Gasteiger partial charge in [0.15, 0.2) is 6.23 Å². The van der Waals surface area contributed by atoms with Crippen molar-refractivity contribution < 1.29 is 18.3 Å². The summed E-state index contributed by atoms with van der Waals surface area (Å²) in [6.07, 6.45) is -0.988. The van der Waals surface area contributed by atoms with Crippen LogP contribution in [0.5, 0.6) is 0 Å². The van der Waals surface area contributed by atoms with Crippen LogP contribution in [0.15, 0.2) is 65.5 Å². The molecule has 4 rings (SSSR count). The maximum atomic E-state index is 14.2. The lowest BCUT2D eigenvalue weighted by Crippen LogP contribution is -2.19. The first kappa shape index (κ1) is 20.7. The SMILES string of the molecule is COC(Nc1ccc(F)cc1F)c1c(C(N)=O)sc2c1ccc(=O)n2-c1ccccc1. The van der Waals surface area contributed by atoms with Gasteiger partial charge in [-0.3, -0.25) is 14.2 Å². The van der Waals surface area contributed by atoms with Gasteiger partial charge in [-0.1, -0.05) is 18.2 Å². The number of nitrogens with two attached hydrogens (primary N) is 1. The zero-order valence-electron chi connectivity index (χ0n) is 16.3. The van der Waals surface area contributed by atoms with Crippen molar-refractivity contribution >= 4 is 33.1 Å². The van der Waals surface area contributed by atoms with Crippen molar-refractivity contribution in [2.75, 3.05) is 12.4 Å². The van der Waals surface area contributed by atoms with Gasteiger partial charge in [0, 0.05) is 30.2 Å². The minimum Gasteiger partial charge on any atom is -0.365 e. The molecule has 0 saturated heterocycles. The van der Waals surface area contributed by atoms with Crippen LogP contribution in [0.25, 0.3) is 15.9 Å². The van der Waals surface area contributed by atoms with Crippen molar-refractivity contribution in [3.05, 3.63) is 93.1 Å². The number of pyridine rings is 1. The van der Waals surface area contributed by atoms with Gasteiger partial charge in [0.2, 0.25) is 0 Å². The molecule has 4 aromatic rings. The van der Waals surface area contributed by atoms with Crippen LogP contribution in [0.1, 0.15) is 21.5 Å². The number of carbonyl (C=O) groups excluding carboxylic acids is 1. The van der Waals surface area contributed by atoms with E-state index >= 15 is 0 Å². The molecule has 2 heterocycles. The molecule has 1 atom stereocenters. The molecule has 158 valence electrons. The predicted molar refractivity (Wildman–Crippen MR) is 116 cm³/mol. The first-order valence-electron chi connectivity index (χ1n) is 9.18. The van der Waals surface area contributed by atoms with Crippen molar-refractivity contribution in [2.24, 2.45) is 5.73 Å². The minimum atomic E-state index is -0.988. The number of para-hydroxylation sites is 1. The molecular weight excluding hydrogens is 424 g/mol. The van der Waals surface area contributed by atoms with E-state index in [1.807, 2.05) is 6.07 Å². The summed E-state index contributed by atoms with van der Waals surface area (Å²) in [6, 6.07) is 15.0. The molecule has 2 aromatic carbocycles. The summed E-state index contributed by atoms with van der Waals surface area (Å²) >= 11 is 1.04. The number of hydrogen-bond donors (Lipinski definition) is 2. The second kappa shape index (κ2) is 8.29. The van der Waals surface area contributed by atoms with Crippen molar-refractivity contribution in [2.45, 2.75) is 6.23 Å². The lowest BCUT2D eigenvalue weighted by Gasteiger charge is -2.20. The molecule has 0 radical (unpaired) electrons. The average molecular weight is 441 g/mol. The van der Waals surface area contributed by atoms with Gasteiger partial charge in [-0.25, -0.2) is 8.78 Å². The molecule has 0 saturated carbocycles. The van der Waals surface area contributed by atoms with E-state index in [4.69, 9.17) is 10.5 Å². The number of benzene rings is 2. The van der Waals surface area contributed by atoms with Gasteiger partial charge >= 0.3 is 0 Å². The van der Waals surface area contributed by atoms with Gasteiger partial charge in [0.1, 0.15) is 21.3 Å². The van der Waals surface area contributed by atoms with Crippen molar-refractivity contribution in [1.82, 2.24) is 4.57 Å². The first-order chi connectivity index (χ1) is 14.9. The molecule has 3 N–H and O–H groups in total. The highest BCUT2D eigenvalue weighted by molar-refractivity contribution is 7.20. The van der Waals surface area contributed by atoms with Crippen LogP contribution in [-0.4, -0.2) is 17.6 Å². The van der Waals surface area contributed by atoms with E-state index in [1.54, 1.807) is 30.3 Å². The standard InChI is InChI=1S/C22H17F2N3O3S/c1-30-21(26-16-9-7-12(23)11-15(16)24)18-14-8-10-17(28)27(13-5-3-2-4-6-13)22(14)31-19(18)20(25)29/h2-11,21,26H,1H3,(H2,25,29). The number of amides is 1. The molecule has 9 heteroatoms. The number of rotatable bonds is 6. The third-order valence-electron chi connectivity index (χ3n) is 4.73. The number of aromatic nitrogens is 1. The van der Waals surface area contributed by atoms with Gasteiger partial charge < -0.3 is 15.8 Å². The summed E-state index contributed by atoms with van der Waals surface area (Å²) in [5, 5.41) is 3.38. The minimum absolute atomic E-state index is 0.0144. The molecule has 0 aliphatic heterocycles. The number of nitrogens with one attached hydrogen (secondary N) is 1. The van der Waals surface area contributed by atoms with Crippen LogP contribution < -0.4 is 16.6 Å². The normalized spacial score (nSPS) is 12.1. The second-order valence-corrected chi connectivity index (χ2v) is 7.65. The van der Waals surface area contributed by atoms with Gasteiger partial charge in [-0.05, 0) is 30.3 Å². The van der Waals surface area contributed by atoms with Crippen molar-refractivity contribution in [1.29, 1.82) is 0 Å². The Hall–Kier alpha value is -3.56. The first-order valence-corrected chi connectivity index (χ1v) is 10.0. The summed E-state index contributed by atoms with van der Waals surface area (Å²) in [4.78, 5) is 25.6. The van der Waals surface area contributed by atoms with Gasteiger partial charge in [-0.15, -0.1) is 11.3 Å². The topological polar surface area (TPSA) is 86.3 Å². The third kappa shape index (κ3) is 3.80. The van der Waals surface area contributed by atoms with E-state index in [1.165, 1.54) is 23.8 Å². The fourth-order valence-electron chi connectivity index (χ4n) is 3.36. The third-order valence-corrected chi connectivity index (χ3v) is 5.95. The lowest BCUT2D eigenvalue weighted by molar-refractivity contribution is 0.0989. The predicted octanol–water partition coefficient (Wildman–Crippen LogP) is 4.19. The van der Waals surface area contributed by atoms with E-state index in [-0.39, 0.29) is 16.1 Å². The number of anilines is 1. The number of ether oxygens (including phenoxy) is 1. The largest absolute Gasteiger partial charge is 0.365 e. The Morgan fingerprint density at radius 1 is 1.13 bits per heavy atom. The second-order valence-electron chi connectivity index (χ2n) is 6.65. The Kier molecular flexibility index (Phi) is 5.53. The molecule has 0 aliphatic carbocycles.